The first-order valence-electron chi connectivity index (χ1n) is 12.4. The molecule has 0 amide bonds. The Labute approximate surface area is 226 Å². The molecule has 6 aromatic rings. The molecular formula is C34H21NO2Se. The van der Waals surface area contributed by atoms with Crippen LogP contribution in [0.15, 0.2) is 127 Å². The molecule has 0 unspecified atom stereocenters. The Balaban J connectivity index is 1.32. The van der Waals surface area contributed by atoms with Crippen molar-refractivity contribution in [1.82, 2.24) is 0 Å². The van der Waals surface area contributed by atoms with Gasteiger partial charge in [-0.15, -0.1) is 0 Å². The minimum atomic E-state index is -0.185. The number of ketones is 2. The number of para-hydroxylation sites is 1. The standard InChI is InChI=1S/C34H21NO2Se/c36-33-28-19-23-10-4-5-11-24(23)20-29(28)34(37)30(33)21-26-17-18-32(38-26)35(25-13-2-1-3-14-25)31-16-8-12-22-9-6-7-15-27(22)31/h1-21H. The number of nitrogens with zero attached hydrogens (tertiary/aromatic N) is 1. The average molecular weight is 555 g/mol. The third kappa shape index (κ3) is 3.74. The number of fused-ring (bicyclic) bond motifs is 3. The fraction of sp³-hybridized carbons (Fsp3) is 0. The Bertz CT molecular complexity index is 1850. The van der Waals surface area contributed by atoms with Gasteiger partial charge in [0.1, 0.15) is 0 Å². The molecule has 0 bridgehead atoms. The molecule has 1 aliphatic rings. The normalized spacial score (nSPS) is 12.8. The van der Waals surface area contributed by atoms with Gasteiger partial charge in [-0.3, -0.25) is 0 Å². The van der Waals surface area contributed by atoms with E-state index in [1.54, 1.807) is 0 Å². The fourth-order valence-electron chi connectivity index (χ4n) is 5.19. The average Bonchev–Trinajstić information content (AvgIpc) is 3.51. The van der Waals surface area contributed by atoms with Crippen molar-refractivity contribution in [2.75, 3.05) is 4.90 Å². The molecule has 0 atom stereocenters. The number of rotatable bonds is 4. The summed E-state index contributed by atoms with van der Waals surface area (Å²) in [6.07, 6.45) is 1.81. The molecule has 7 rings (SSSR count). The maximum absolute atomic E-state index is 13.3. The van der Waals surface area contributed by atoms with Crippen LogP contribution in [0.1, 0.15) is 25.2 Å². The zero-order chi connectivity index (χ0) is 25.6. The third-order valence-electron chi connectivity index (χ3n) is 7.01. The number of hydrogen-bond donors (Lipinski definition) is 0. The van der Waals surface area contributed by atoms with E-state index in [-0.39, 0.29) is 31.6 Å². The van der Waals surface area contributed by atoms with Gasteiger partial charge in [0, 0.05) is 0 Å². The zero-order valence-electron chi connectivity index (χ0n) is 20.3. The molecule has 0 saturated heterocycles. The van der Waals surface area contributed by atoms with Crippen molar-refractivity contribution in [3.63, 3.8) is 0 Å². The van der Waals surface area contributed by atoms with Crippen LogP contribution in [0.2, 0.25) is 0 Å². The van der Waals surface area contributed by atoms with Crippen molar-refractivity contribution in [3.8, 4) is 0 Å². The summed E-state index contributed by atoms with van der Waals surface area (Å²) in [7, 11) is 0. The zero-order valence-corrected chi connectivity index (χ0v) is 22.0. The minimum absolute atomic E-state index is 0.0974. The Morgan fingerprint density at radius 3 is 1.89 bits per heavy atom. The monoisotopic (exact) mass is 555 g/mol. The van der Waals surface area contributed by atoms with Crippen LogP contribution in [0.25, 0.3) is 27.6 Å². The quantitative estimate of drug-likeness (QED) is 0.126. The number of carbonyl (C=O) groups is 2. The second-order valence-electron chi connectivity index (χ2n) is 9.31. The van der Waals surface area contributed by atoms with Crippen molar-refractivity contribution >= 4 is 69.6 Å². The molecule has 3 nitrogen and oxygen atoms in total. The van der Waals surface area contributed by atoms with Crippen LogP contribution >= 0.6 is 0 Å². The number of anilines is 3. The van der Waals surface area contributed by atoms with E-state index in [2.05, 4.69) is 65.6 Å². The summed E-state index contributed by atoms with van der Waals surface area (Å²) in [5, 5.41) is 4.29. The first-order valence-corrected chi connectivity index (χ1v) is 14.2. The molecule has 5 aromatic carbocycles. The van der Waals surface area contributed by atoms with E-state index in [0.717, 1.165) is 31.1 Å². The maximum atomic E-state index is 13.3. The third-order valence-corrected chi connectivity index (χ3v) is 9.14. The first kappa shape index (κ1) is 22.7. The summed E-state index contributed by atoms with van der Waals surface area (Å²) in [6, 6.07) is 40.8. The van der Waals surface area contributed by atoms with E-state index in [0.29, 0.717) is 11.1 Å². The Kier molecular flexibility index (Phi) is 5.44. The van der Waals surface area contributed by atoms with Gasteiger partial charge in [0.15, 0.2) is 0 Å². The van der Waals surface area contributed by atoms with Gasteiger partial charge in [0.25, 0.3) is 0 Å². The number of Topliss-reactive ketones (excluding diaryl/α,β-unsaturated/α-hetero) is 2. The number of carbonyl (C=O) groups excluding carboxylic acids is 2. The predicted octanol–water partition coefficient (Wildman–Crippen LogP) is 7.98. The van der Waals surface area contributed by atoms with Crippen molar-refractivity contribution in [1.29, 1.82) is 0 Å². The van der Waals surface area contributed by atoms with Crippen molar-refractivity contribution in [2.45, 2.75) is 0 Å². The molecule has 0 saturated carbocycles. The molecule has 1 heterocycles. The van der Waals surface area contributed by atoms with Crippen molar-refractivity contribution in [2.24, 2.45) is 0 Å². The van der Waals surface area contributed by atoms with Gasteiger partial charge in [0.05, 0.1) is 0 Å². The fourth-order valence-corrected chi connectivity index (χ4v) is 7.26. The Morgan fingerprint density at radius 1 is 0.579 bits per heavy atom. The van der Waals surface area contributed by atoms with E-state index < -0.39 is 0 Å². The summed E-state index contributed by atoms with van der Waals surface area (Å²) in [5.74, 6) is -0.371. The van der Waals surface area contributed by atoms with Gasteiger partial charge in [0.2, 0.25) is 0 Å². The van der Waals surface area contributed by atoms with Crippen LogP contribution in [-0.4, -0.2) is 26.1 Å². The van der Waals surface area contributed by atoms with Crippen LogP contribution in [0.3, 0.4) is 0 Å². The molecule has 1 aliphatic carbocycles. The number of hydrogen-bond acceptors (Lipinski definition) is 3. The molecule has 0 N–H and O–H groups in total. The second-order valence-corrected chi connectivity index (χ2v) is 11.6. The molecule has 0 radical (unpaired) electrons. The van der Waals surface area contributed by atoms with E-state index in [9.17, 15) is 9.59 Å². The SMILES string of the molecule is O=C1C(=Cc2ccc(N(c3ccccc3)c3cccc4ccccc34)[se]2)C(=O)c2cc3ccccc3cc21. The van der Waals surface area contributed by atoms with Crippen LogP contribution in [0, 0.1) is 0 Å². The summed E-state index contributed by atoms with van der Waals surface area (Å²) >= 11 is -0.0974. The molecular weight excluding hydrogens is 533 g/mol. The van der Waals surface area contributed by atoms with Gasteiger partial charge in [-0.2, -0.15) is 0 Å². The molecule has 180 valence electrons. The summed E-state index contributed by atoms with van der Waals surface area (Å²) in [4.78, 5) is 28.9. The van der Waals surface area contributed by atoms with E-state index in [1.807, 2.05) is 66.7 Å². The summed E-state index contributed by atoms with van der Waals surface area (Å²) in [5.41, 5.74) is 3.44. The van der Waals surface area contributed by atoms with E-state index >= 15 is 0 Å². The van der Waals surface area contributed by atoms with Gasteiger partial charge in [-0.25, -0.2) is 0 Å². The molecule has 0 fully saturated rings. The molecule has 1 aromatic heterocycles. The van der Waals surface area contributed by atoms with E-state index in [1.165, 1.54) is 10.8 Å². The Hall–Kier alpha value is -4.50. The number of allylic oxidation sites excluding steroid dienone is 1. The van der Waals surface area contributed by atoms with Crippen LogP contribution in [0.5, 0.6) is 0 Å². The number of benzene rings is 5. The second kappa shape index (κ2) is 9.11. The van der Waals surface area contributed by atoms with Gasteiger partial charge >= 0.3 is 227 Å². The van der Waals surface area contributed by atoms with Crippen LogP contribution in [-0.2, 0) is 0 Å². The molecule has 38 heavy (non-hydrogen) atoms. The molecule has 0 aliphatic heterocycles. The first-order chi connectivity index (χ1) is 18.7. The summed E-state index contributed by atoms with van der Waals surface area (Å²) in [6.45, 7) is 0. The summed E-state index contributed by atoms with van der Waals surface area (Å²) < 4.78 is 2.15. The van der Waals surface area contributed by atoms with Crippen molar-refractivity contribution in [3.05, 3.63) is 142 Å². The molecule has 0 spiro atoms. The van der Waals surface area contributed by atoms with Crippen LogP contribution in [0.4, 0.5) is 15.9 Å². The van der Waals surface area contributed by atoms with Crippen LogP contribution < -0.4 is 4.90 Å². The van der Waals surface area contributed by atoms with Gasteiger partial charge < -0.3 is 0 Å². The van der Waals surface area contributed by atoms with Crippen molar-refractivity contribution < 1.29 is 9.59 Å². The molecule has 4 heteroatoms. The predicted molar refractivity (Wildman–Crippen MR) is 156 cm³/mol. The van der Waals surface area contributed by atoms with Gasteiger partial charge in [-0.05, 0) is 0 Å². The van der Waals surface area contributed by atoms with E-state index in [4.69, 9.17) is 0 Å². The topological polar surface area (TPSA) is 37.4 Å². The van der Waals surface area contributed by atoms with Gasteiger partial charge in [-0.1, -0.05) is 0 Å². The Morgan fingerprint density at radius 2 is 1.18 bits per heavy atom.